The van der Waals surface area contributed by atoms with Crippen LogP contribution < -0.4 is 10.6 Å². The molecule has 0 spiro atoms. The van der Waals surface area contributed by atoms with Crippen molar-refractivity contribution in [2.45, 2.75) is 50.4 Å². The fourth-order valence-corrected chi connectivity index (χ4v) is 5.22. The minimum Gasteiger partial charge on any atom is -0.394 e. The number of hydrogen-bond acceptors (Lipinski definition) is 5. The zero-order valence-electron chi connectivity index (χ0n) is 19.0. The van der Waals surface area contributed by atoms with Crippen LogP contribution in [0.3, 0.4) is 0 Å². The van der Waals surface area contributed by atoms with Crippen LogP contribution in [-0.4, -0.2) is 88.5 Å². The number of fused-ring (bicyclic) bond motifs is 2. The number of carbonyl (C=O) groups is 3. The highest BCUT2D eigenvalue weighted by Crippen LogP contribution is 2.43. The molecule has 33 heavy (non-hydrogen) atoms. The average molecular weight is 460 g/mol. The second-order valence-electron chi connectivity index (χ2n) is 8.84. The minimum atomic E-state index is -1.07. The summed E-state index contributed by atoms with van der Waals surface area (Å²) in [6, 6.07) is 2.47. The fourth-order valence-electron chi connectivity index (χ4n) is 5.22. The molecule has 3 amide bonds. The maximum atomic E-state index is 13.7. The Labute approximate surface area is 191 Å². The molecule has 2 saturated heterocycles. The molecule has 0 saturated carbocycles. The Morgan fingerprint density at radius 2 is 2.06 bits per heavy atom. The third-order valence-electron chi connectivity index (χ3n) is 7.01. The molecule has 1 aromatic carbocycles. The van der Waals surface area contributed by atoms with Crippen molar-refractivity contribution in [1.29, 1.82) is 0 Å². The number of likely N-dealkylation sites (tertiary alicyclic amines) is 2. The van der Waals surface area contributed by atoms with Crippen LogP contribution in [0.5, 0.6) is 0 Å². The second-order valence-corrected chi connectivity index (χ2v) is 8.84. The number of nitrogens with one attached hydrogen (secondary N) is 3. The van der Waals surface area contributed by atoms with E-state index >= 15 is 0 Å². The van der Waals surface area contributed by atoms with Gasteiger partial charge in [-0.2, -0.15) is 0 Å². The summed E-state index contributed by atoms with van der Waals surface area (Å²) in [5.41, 5.74) is 1.57. The Balaban J connectivity index is 1.66. The van der Waals surface area contributed by atoms with Gasteiger partial charge in [-0.3, -0.25) is 14.4 Å². The quantitative estimate of drug-likeness (QED) is 0.496. The number of aromatic amines is 1. The first kappa shape index (κ1) is 23.2. The van der Waals surface area contributed by atoms with E-state index in [4.69, 9.17) is 0 Å². The molecule has 1 aromatic heterocycles. The van der Waals surface area contributed by atoms with E-state index in [0.29, 0.717) is 25.0 Å². The molecule has 4 N–H and O–H groups in total. The van der Waals surface area contributed by atoms with Crippen LogP contribution in [-0.2, 0) is 14.4 Å². The summed E-state index contributed by atoms with van der Waals surface area (Å²) in [6.07, 6.45) is 2.43. The predicted octanol–water partition coefficient (Wildman–Crippen LogP) is 0.307. The van der Waals surface area contributed by atoms with Gasteiger partial charge in [0, 0.05) is 43.0 Å². The number of carbonyl (C=O) groups excluding carboxylic acids is 3. The van der Waals surface area contributed by atoms with Crippen molar-refractivity contribution < 1.29 is 23.9 Å². The third-order valence-corrected chi connectivity index (χ3v) is 7.01. The van der Waals surface area contributed by atoms with E-state index in [2.05, 4.69) is 15.6 Å². The first-order valence-electron chi connectivity index (χ1n) is 11.2. The van der Waals surface area contributed by atoms with E-state index in [1.807, 2.05) is 6.20 Å². The standard InChI is InChI=1S/C23H30FN5O4/c1-12(25-3)22(32)27-19(11-30)23(33)28-7-6-20-21(28)17(10-29(20)13(2)31)16-9-26-18-8-14(24)4-5-15(16)18/h4-5,8-9,12,17,19-21,25-26,30H,6-7,10-11H2,1-3H3,(H,27,32)/t12-,17+,19-,20+,21+/m0/s1. The van der Waals surface area contributed by atoms with Crippen LogP contribution in [0.15, 0.2) is 24.4 Å². The molecule has 10 heteroatoms. The number of halogens is 1. The molecular weight excluding hydrogens is 429 g/mol. The van der Waals surface area contributed by atoms with Gasteiger partial charge in [-0.15, -0.1) is 0 Å². The van der Waals surface area contributed by atoms with Crippen molar-refractivity contribution in [2.24, 2.45) is 0 Å². The molecule has 2 fully saturated rings. The smallest absolute Gasteiger partial charge is 0.247 e. The Bertz CT molecular complexity index is 1070. The van der Waals surface area contributed by atoms with E-state index in [1.54, 1.807) is 29.8 Å². The van der Waals surface area contributed by atoms with E-state index in [0.717, 1.165) is 10.9 Å². The number of likely N-dealkylation sites (N-methyl/N-ethyl adjacent to an activating group) is 1. The Morgan fingerprint density at radius 1 is 1.30 bits per heavy atom. The fraction of sp³-hybridized carbons (Fsp3) is 0.522. The maximum absolute atomic E-state index is 13.7. The molecule has 0 aliphatic carbocycles. The van der Waals surface area contributed by atoms with Gasteiger partial charge in [-0.1, -0.05) is 0 Å². The Hall–Kier alpha value is -2.98. The lowest BCUT2D eigenvalue weighted by atomic mass is 9.91. The number of H-pyrrole nitrogens is 1. The number of nitrogens with zero attached hydrogens (tertiary/aromatic N) is 2. The second kappa shape index (κ2) is 9.11. The topological polar surface area (TPSA) is 118 Å². The number of aliphatic hydroxyl groups is 1. The van der Waals surface area contributed by atoms with Gasteiger partial charge in [-0.05, 0) is 44.2 Å². The molecule has 3 heterocycles. The lowest BCUT2D eigenvalue weighted by Gasteiger charge is -2.31. The summed E-state index contributed by atoms with van der Waals surface area (Å²) in [6.45, 7) is 3.51. The van der Waals surface area contributed by atoms with E-state index < -0.39 is 18.7 Å². The molecule has 2 aromatic rings. The number of amides is 3. The zero-order chi connectivity index (χ0) is 23.9. The Morgan fingerprint density at radius 3 is 2.73 bits per heavy atom. The molecule has 2 aliphatic heterocycles. The van der Waals surface area contributed by atoms with Crippen LogP contribution in [0.2, 0.25) is 0 Å². The minimum absolute atomic E-state index is 0.0671. The van der Waals surface area contributed by atoms with Crippen molar-refractivity contribution in [3.8, 4) is 0 Å². The van der Waals surface area contributed by atoms with E-state index in [1.165, 1.54) is 19.1 Å². The van der Waals surface area contributed by atoms with E-state index in [-0.39, 0.29) is 41.5 Å². The molecule has 178 valence electrons. The lowest BCUT2D eigenvalue weighted by Crippen LogP contribution is -2.55. The van der Waals surface area contributed by atoms with Crippen LogP contribution in [0.1, 0.15) is 31.7 Å². The number of aromatic nitrogens is 1. The molecule has 0 radical (unpaired) electrons. The summed E-state index contributed by atoms with van der Waals surface area (Å²) in [5.74, 6) is -1.35. The van der Waals surface area contributed by atoms with Crippen LogP contribution in [0, 0.1) is 5.82 Å². The van der Waals surface area contributed by atoms with Crippen LogP contribution >= 0.6 is 0 Å². The number of rotatable bonds is 6. The van der Waals surface area contributed by atoms with Crippen LogP contribution in [0.4, 0.5) is 4.39 Å². The Kier molecular flexibility index (Phi) is 6.40. The highest BCUT2D eigenvalue weighted by atomic mass is 19.1. The largest absolute Gasteiger partial charge is 0.394 e. The molecule has 9 nitrogen and oxygen atoms in total. The monoisotopic (exact) mass is 459 g/mol. The van der Waals surface area contributed by atoms with Gasteiger partial charge in [-0.25, -0.2) is 4.39 Å². The van der Waals surface area contributed by atoms with E-state index in [9.17, 15) is 23.9 Å². The van der Waals surface area contributed by atoms with Crippen molar-refractivity contribution in [2.75, 3.05) is 26.7 Å². The maximum Gasteiger partial charge on any atom is 0.247 e. The van der Waals surface area contributed by atoms with Gasteiger partial charge in [0.25, 0.3) is 0 Å². The van der Waals surface area contributed by atoms with Gasteiger partial charge < -0.3 is 30.5 Å². The SMILES string of the molecule is CN[C@@H](C)C(=O)N[C@@H](CO)C(=O)N1CC[C@@H]2[C@H]1[C@@H](c1c[nH]c3cc(F)ccc13)CN2C(C)=O. The van der Waals surface area contributed by atoms with Gasteiger partial charge in [0.05, 0.1) is 24.7 Å². The molecule has 2 aliphatic rings. The first-order valence-corrected chi connectivity index (χ1v) is 11.2. The normalized spacial score (nSPS) is 24.1. The van der Waals surface area contributed by atoms with Crippen LogP contribution in [0.25, 0.3) is 10.9 Å². The highest BCUT2D eigenvalue weighted by molar-refractivity contribution is 5.90. The molecule has 5 atom stereocenters. The summed E-state index contributed by atoms with van der Waals surface area (Å²) < 4.78 is 13.7. The molecule has 0 bridgehead atoms. The zero-order valence-corrected chi connectivity index (χ0v) is 19.0. The summed E-state index contributed by atoms with van der Waals surface area (Å²) in [5, 5.41) is 16.2. The van der Waals surface area contributed by atoms with Gasteiger partial charge in [0.15, 0.2) is 0 Å². The molecular formula is C23H30FN5O4. The van der Waals surface area contributed by atoms with Crippen molar-refractivity contribution in [1.82, 2.24) is 25.4 Å². The predicted molar refractivity (Wildman–Crippen MR) is 120 cm³/mol. The third kappa shape index (κ3) is 4.08. The van der Waals surface area contributed by atoms with Crippen molar-refractivity contribution in [3.05, 3.63) is 35.8 Å². The van der Waals surface area contributed by atoms with Gasteiger partial charge in [0.2, 0.25) is 17.7 Å². The first-order chi connectivity index (χ1) is 15.8. The lowest BCUT2D eigenvalue weighted by molar-refractivity contribution is -0.139. The summed E-state index contributed by atoms with van der Waals surface area (Å²) in [4.78, 5) is 44.7. The van der Waals surface area contributed by atoms with Crippen molar-refractivity contribution >= 4 is 28.6 Å². The number of benzene rings is 1. The molecule has 4 rings (SSSR count). The molecule has 0 unspecified atom stereocenters. The summed E-state index contributed by atoms with van der Waals surface area (Å²) in [7, 11) is 1.64. The highest BCUT2D eigenvalue weighted by Gasteiger charge is 2.52. The van der Waals surface area contributed by atoms with Gasteiger partial charge >= 0.3 is 0 Å². The average Bonchev–Trinajstić information content (AvgIpc) is 3.49. The van der Waals surface area contributed by atoms with Gasteiger partial charge in [0.1, 0.15) is 11.9 Å². The van der Waals surface area contributed by atoms with Crippen molar-refractivity contribution in [3.63, 3.8) is 0 Å². The number of hydrogen-bond donors (Lipinski definition) is 4. The number of aliphatic hydroxyl groups excluding tert-OH is 1. The summed E-state index contributed by atoms with van der Waals surface area (Å²) >= 11 is 0.